The van der Waals surface area contributed by atoms with Gasteiger partial charge in [0.05, 0.1) is 6.54 Å². The number of fused-ring (bicyclic) bond motifs is 1. The maximum atomic E-state index is 6.04. The molecule has 0 spiro atoms. The minimum atomic E-state index is 0. The van der Waals surface area contributed by atoms with Crippen LogP contribution in [0.4, 0.5) is 11.4 Å². The van der Waals surface area contributed by atoms with E-state index < -0.39 is 0 Å². The number of aromatic nitrogens is 3. The molecule has 0 saturated heterocycles. The van der Waals surface area contributed by atoms with E-state index in [1.165, 1.54) is 11.3 Å². The fourth-order valence-corrected chi connectivity index (χ4v) is 2.56. The second kappa shape index (κ2) is 5.48. The molecular weight excluding hydrogens is 262 g/mol. The van der Waals surface area contributed by atoms with Crippen LogP contribution in [0.3, 0.4) is 0 Å². The molecule has 0 unspecified atom stereocenters. The molecule has 0 amide bonds. The minimum Gasteiger partial charge on any atom is -0.398 e. The Labute approximate surface area is 118 Å². The summed E-state index contributed by atoms with van der Waals surface area (Å²) in [4.78, 5) is 2.33. The van der Waals surface area contributed by atoms with Crippen LogP contribution in [0.25, 0.3) is 0 Å². The standard InChI is InChI=1S/C13H17N5.ClH/c1-17-8-10(15-16-17)9-18-7-3-4-11-12(14)5-2-6-13(11)18;/h2,5-6,8H,3-4,7,9,14H2,1H3;1H. The average molecular weight is 280 g/mol. The van der Waals surface area contributed by atoms with Crippen molar-refractivity contribution in [2.45, 2.75) is 19.4 Å². The van der Waals surface area contributed by atoms with E-state index in [2.05, 4.69) is 21.3 Å². The first-order valence-corrected chi connectivity index (χ1v) is 6.21. The molecule has 2 heterocycles. The van der Waals surface area contributed by atoms with Gasteiger partial charge in [0.15, 0.2) is 0 Å². The van der Waals surface area contributed by atoms with E-state index in [1.807, 2.05) is 25.4 Å². The van der Waals surface area contributed by atoms with Crippen LogP contribution >= 0.6 is 12.4 Å². The van der Waals surface area contributed by atoms with E-state index in [0.717, 1.165) is 37.3 Å². The predicted molar refractivity (Wildman–Crippen MR) is 78.5 cm³/mol. The van der Waals surface area contributed by atoms with E-state index in [0.29, 0.717) is 0 Å². The van der Waals surface area contributed by atoms with Crippen molar-refractivity contribution in [3.63, 3.8) is 0 Å². The summed E-state index contributed by atoms with van der Waals surface area (Å²) in [6.07, 6.45) is 4.17. The van der Waals surface area contributed by atoms with Gasteiger partial charge in [0.1, 0.15) is 5.69 Å². The highest BCUT2D eigenvalue weighted by molar-refractivity contribution is 5.85. The van der Waals surface area contributed by atoms with E-state index in [-0.39, 0.29) is 12.4 Å². The predicted octanol–water partition coefficient (Wildman–Crippen LogP) is 1.77. The number of benzene rings is 1. The van der Waals surface area contributed by atoms with E-state index in [9.17, 15) is 0 Å². The Bertz CT molecular complexity index is 566. The summed E-state index contributed by atoms with van der Waals surface area (Å²) in [6.45, 7) is 1.84. The first-order chi connectivity index (χ1) is 8.74. The summed E-state index contributed by atoms with van der Waals surface area (Å²) >= 11 is 0. The van der Waals surface area contributed by atoms with E-state index in [4.69, 9.17) is 5.73 Å². The highest BCUT2D eigenvalue weighted by Crippen LogP contribution is 2.31. The second-order valence-electron chi connectivity index (χ2n) is 4.75. The molecule has 0 atom stereocenters. The van der Waals surface area contributed by atoms with Gasteiger partial charge < -0.3 is 10.6 Å². The molecule has 1 aromatic carbocycles. The van der Waals surface area contributed by atoms with Crippen molar-refractivity contribution in [3.8, 4) is 0 Å². The molecule has 5 nitrogen and oxygen atoms in total. The van der Waals surface area contributed by atoms with Gasteiger partial charge in [-0.05, 0) is 30.5 Å². The smallest absolute Gasteiger partial charge is 0.102 e. The highest BCUT2D eigenvalue weighted by Gasteiger charge is 2.19. The van der Waals surface area contributed by atoms with Gasteiger partial charge in [0, 0.05) is 31.2 Å². The molecule has 102 valence electrons. The molecular formula is C13H18ClN5. The molecule has 2 N–H and O–H groups in total. The van der Waals surface area contributed by atoms with Crippen LogP contribution in [0.2, 0.25) is 0 Å². The third-order valence-corrected chi connectivity index (χ3v) is 3.39. The zero-order valence-corrected chi connectivity index (χ0v) is 11.7. The summed E-state index contributed by atoms with van der Waals surface area (Å²) in [7, 11) is 1.89. The maximum Gasteiger partial charge on any atom is 0.102 e. The van der Waals surface area contributed by atoms with Crippen molar-refractivity contribution in [1.82, 2.24) is 15.0 Å². The zero-order valence-electron chi connectivity index (χ0n) is 10.9. The normalized spacial score (nSPS) is 13.8. The number of anilines is 2. The number of halogens is 1. The van der Waals surface area contributed by atoms with Crippen LogP contribution < -0.4 is 10.6 Å². The fraction of sp³-hybridized carbons (Fsp3) is 0.385. The number of hydrogen-bond acceptors (Lipinski definition) is 4. The summed E-state index contributed by atoms with van der Waals surface area (Å²) in [5.41, 5.74) is 10.4. The minimum absolute atomic E-state index is 0. The highest BCUT2D eigenvalue weighted by atomic mass is 35.5. The first kappa shape index (κ1) is 13.7. The maximum absolute atomic E-state index is 6.04. The average Bonchev–Trinajstić information content (AvgIpc) is 2.76. The molecule has 0 radical (unpaired) electrons. The van der Waals surface area contributed by atoms with Gasteiger partial charge in [-0.15, -0.1) is 17.5 Å². The third-order valence-electron chi connectivity index (χ3n) is 3.39. The van der Waals surface area contributed by atoms with Gasteiger partial charge in [-0.1, -0.05) is 11.3 Å². The third kappa shape index (κ3) is 2.66. The molecule has 1 aliphatic heterocycles. The number of aryl methyl sites for hydroxylation is 1. The summed E-state index contributed by atoms with van der Waals surface area (Å²) in [5, 5.41) is 8.12. The lowest BCUT2D eigenvalue weighted by Crippen LogP contribution is -2.29. The first-order valence-electron chi connectivity index (χ1n) is 6.21. The molecule has 6 heteroatoms. The van der Waals surface area contributed by atoms with Gasteiger partial charge in [-0.2, -0.15) is 0 Å². The van der Waals surface area contributed by atoms with Crippen LogP contribution in [0.1, 0.15) is 17.7 Å². The number of nitrogen functional groups attached to an aromatic ring is 1. The number of nitrogens with two attached hydrogens (primary N) is 1. The largest absolute Gasteiger partial charge is 0.398 e. The van der Waals surface area contributed by atoms with Crippen molar-refractivity contribution in [3.05, 3.63) is 35.7 Å². The van der Waals surface area contributed by atoms with Gasteiger partial charge in [-0.3, -0.25) is 4.68 Å². The molecule has 1 aliphatic rings. The van der Waals surface area contributed by atoms with Crippen LogP contribution in [0.5, 0.6) is 0 Å². The number of nitrogens with zero attached hydrogens (tertiary/aromatic N) is 4. The van der Waals surface area contributed by atoms with Crippen LogP contribution in [-0.2, 0) is 20.0 Å². The van der Waals surface area contributed by atoms with Crippen LogP contribution in [0.15, 0.2) is 24.4 Å². The Morgan fingerprint density at radius 3 is 2.95 bits per heavy atom. The van der Waals surface area contributed by atoms with Crippen molar-refractivity contribution in [2.24, 2.45) is 7.05 Å². The van der Waals surface area contributed by atoms with Gasteiger partial charge in [-0.25, -0.2) is 0 Å². The summed E-state index contributed by atoms with van der Waals surface area (Å²) in [5.74, 6) is 0. The molecule has 19 heavy (non-hydrogen) atoms. The topological polar surface area (TPSA) is 60.0 Å². The number of hydrogen-bond donors (Lipinski definition) is 1. The van der Waals surface area contributed by atoms with Gasteiger partial charge >= 0.3 is 0 Å². The lowest BCUT2D eigenvalue weighted by molar-refractivity contribution is 0.681. The van der Waals surface area contributed by atoms with Crippen molar-refractivity contribution >= 4 is 23.8 Å². The Morgan fingerprint density at radius 2 is 2.21 bits per heavy atom. The Morgan fingerprint density at radius 1 is 1.37 bits per heavy atom. The SMILES string of the molecule is Cl.Cn1cc(CN2CCCc3c(N)cccc32)nn1. The second-order valence-corrected chi connectivity index (χ2v) is 4.75. The van der Waals surface area contributed by atoms with Crippen molar-refractivity contribution in [1.29, 1.82) is 0 Å². The molecule has 1 aromatic heterocycles. The lowest BCUT2D eigenvalue weighted by Gasteiger charge is -2.31. The Hall–Kier alpha value is -1.75. The summed E-state index contributed by atoms with van der Waals surface area (Å²) in [6, 6.07) is 6.13. The molecule has 2 aromatic rings. The quantitative estimate of drug-likeness (QED) is 0.851. The number of rotatable bonds is 2. The fourth-order valence-electron chi connectivity index (χ4n) is 2.56. The van der Waals surface area contributed by atoms with Gasteiger partial charge in [0.2, 0.25) is 0 Å². The molecule has 3 rings (SSSR count). The zero-order chi connectivity index (χ0) is 12.5. The van der Waals surface area contributed by atoms with Crippen molar-refractivity contribution in [2.75, 3.05) is 17.2 Å². The monoisotopic (exact) mass is 279 g/mol. The summed E-state index contributed by atoms with van der Waals surface area (Å²) < 4.78 is 1.74. The molecule has 0 saturated carbocycles. The molecule has 0 aliphatic carbocycles. The van der Waals surface area contributed by atoms with E-state index in [1.54, 1.807) is 4.68 Å². The van der Waals surface area contributed by atoms with E-state index >= 15 is 0 Å². The Kier molecular flexibility index (Phi) is 3.95. The van der Waals surface area contributed by atoms with Gasteiger partial charge in [0.25, 0.3) is 0 Å². The molecule has 0 fully saturated rings. The van der Waals surface area contributed by atoms with Crippen LogP contribution in [-0.4, -0.2) is 21.5 Å². The van der Waals surface area contributed by atoms with Crippen LogP contribution in [0, 0.1) is 0 Å². The molecule has 0 bridgehead atoms. The lowest BCUT2D eigenvalue weighted by atomic mass is 10.00. The Balaban J connectivity index is 0.00000133. The van der Waals surface area contributed by atoms with Crippen molar-refractivity contribution < 1.29 is 0 Å².